The molecule has 0 fully saturated rings. The zero-order valence-electron chi connectivity index (χ0n) is 15.5. The average molecular weight is 403 g/mol. The Bertz CT molecular complexity index is 1310. The van der Waals surface area contributed by atoms with Gasteiger partial charge in [0.05, 0.1) is 11.3 Å². The van der Waals surface area contributed by atoms with Gasteiger partial charge < -0.3 is 19.2 Å². The molecule has 7 heteroatoms. The lowest BCUT2D eigenvalue weighted by atomic mass is 10.1. The molecule has 1 amide bonds. The Hall–Kier alpha value is -4.13. The topological polar surface area (TPSA) is 77.8 Å². The summed E-state index contributed by atoms with van der Waals surface area (Å²) in [6.45, 7) is 0.0849. The van der Waals surface area contributed by atoms with Gasteiger partial charge in [0.25, 0.3) is 5.91 Å². The first-order chi connectivity index (χ1) is 14.6. The van der Waals surface area contributed by atoms with E-state index in [2.05, 4.69) is 5.32 Å². The lowest BCUT2D eigenvalue weighted by Gasteiger charge is -2.07. The Morgan fingerprint density at radius 3 is 2.53 bits per heavy atom. The predicted octanol–water partition coefficient (Wildman–Crippen LogP) is 4.78. The Morgan fingerprint density at radius 2 is 1.67 bits per heavy atom. The number of hydrogen-bond acceptors (Lipinski definition) is 5. The maximum absolute atomic E-state index is 14.1. The molecule has 148 valence electrons. The van der Waals surface area contributed by atoms with Crippen molar-refractivity contribution in [3.05, 3.63) is 89.4 Å². The molecule has 0 aliphatic carbocycles. The lowest BCUT2D eigenvalue weighted by Crippen LogP contribution is -2.15. The molecule has 0 spiro atoms. The number of halogens is 1. The zero-order chi connectivity index (χ0) is 20.7. The molecule has 0 unspecified atom stereocenters. The van der Waals surface area contributed by atoms with E-state index in [0.29, 0.717) is 28.0 Å². The predicted molar refractivity (Wildman–Crippen MR) is 107 cm³/mol. The molecule has 0 atom stereocenters. The van der Waals surface area contributed by atoms with Gasteiger partial charge >= 0.3 is 0 Å². The summed E-state index contributed by atoms with van der Waals surface area (Å²) in [7, 11) is 0. The van der Waals surface area contributed by atoms with Crippen LogP contribution in [0.1, 0.15) is 26.5 Å². The number of para-hydroxylation sites is 1. The third-order valence-corrected chi connectivity index (χ3v) is 4.79. The molecule has 0 saturated heterocycles. The van der Waals surface area contributed by atoms with E-state index >= 15 is 0 Å². The lowest BCUT2D eigenvalue weighted by molar-refractivity contribution is 0.101. The molecule has 30 heavy (non-hydrogen) atoms. The van der Waals surface area contributed by atoms with E-state index in [4.69, 9.17) is 13.9 Å². The molecule has 3 aromatic carbocycles. The molecule has 0 saturated carbocycles. The van der Waals surface area contributed by atoms with Gasteiger partial charge in [-0.1, -0.05) is 24.3 Å². The van der Waals surface area contributed by atoms with Gasteiger partial charge in [0, 0.05) is 10.9 Å². The smallest absolute Gasteiger partial charge is 0.258 e. The monoisotopic (exact) mass is 403 g/mol. The van der Waals surface area contributed by atoms with Gasteiger partial charge in [-0.3, -0.25) is 9.59 Å². The number of hydrogen-bond donors (Lipinski definition) is 1. The van der Waals surface area contributed by atoms with Crippen molar-refractivity contribution in [2.75, 3.05) is 12.1 Å². The molecule has 5 rings (SSSR count). The van der Waals surface area contributed by atoms with Crippen molar-refractivity contribution in [2.45, 2.75) is 0 Å². The van der Waals surface area contributed by atoms with Crippen LogP contribution in [0.5, 0.6) is 11.5 Å². The summed E-state index contributed by atoms with van der Waals surface area (Å²) in [6.07, 6.45) is 0. The number of ketones is 1. The van der Waals surface area contributed by atoms with Crippen LogP contribution in [0.25, 0.3) is 11.0 Å². The van der Waals surface area contributed by atoms with E-state index in [1.54, 1.807) is 48.5 Å². The second kappa shape index (κ2) is 7.04. The first-order valence-electron chi connectivity index (χ1n) is 9.13. The Balaban J connectivity index is 1.58. The molecule has 1 aliphatic rings. The highest BCUT2D eigenvalue weighted by Crippen LogP contribution is 2.36. The van der Waals surface area contributed by atoms with E-state index in [1.807, 2.05) is 0 Å². The fourth-order valence-corrected chi connectivity index (χ4v) is 3.32. The van der Waals surface area contributed by atoms with Crippen molar-refractivity contribution in [1.82, 2.24) is 0 Å². The Labute approximate surface area is 169 Å². The van der Waals surface area contributed by atoms with Gasteiger partial charge in [0.15, 0.2) is 17.3 Å². The Morgan fingerprint density at radius 1 is 0.900 bits per heavy atom. The maximum atomic E-state index is 14.1. The zero-order valence-corrected chi connectivity index (χ0v) is 15.5. The molecule has 0 bridgehead atoms. The van der Waals surface area contributed by atoms with Crippen molar-refractivity contribution in [3.8, 4) is 11.5 Å². The van der Waals surface area contributed by atoms with Gasteiger partial charge in [-0.25, -0.2) is 4.39 Å². The van der Waals surface area contributed by atoms with Gasteiger partial charge in [-0.05, 0) is 42.5 Å². The summed E-state index contributed by atoms with van der Waals surface area (Å²) in [4.78, 5) is 25.9. The van der Waals surface area contributed by atoms with E-state index in [0.717, 1.165) is 0 Å². The SMILES string of the molecule is O=C(Nc1c(C(=O)c2ccc3c(c2)OCO3)oc2ccccc12)c1ccccc1F. The molecular formula is C23H14FNO5. The molecule has 1 N–H and O–H groups in total. The molecule has 6 nitrogen and oxygen atoms in total. The highest BCUT2D eigenvalue weighted by Gasteiger charge is 2.26. The van der Waals surface area contributed by atoms with E-state index < -0.39 is 17.5 Å². The third-order valence-electron chi connectivity index (χ3n) is 4.79. The second-order valence-electron chi connectivity index (χ2n) is 6.63. The number of ether oxygens (including phenoxy) is 2. The number of amides is 1. The van der Waals surface area contributed by atoms with Crippen LogP contribution in [0.4, 0.5) is 10.1 Å². The fraction of sp³-hybridized carbons (Fsp3) is 0.0435. The summed E-state index contributed by atoms with van der Waals surface area (Å²) in [5.41, 5.74) is 0.774. The molecule has 0 radical (unpaired) electrons. The van der Waals surface area contributed by atoms with Crippen LogP contribution < -0.4 is 14.8 Å². The van der Waals surface area contributed by atoms with Gasteiger partial charge in [-0.15, -0.1) is 0 Å². The van der Waals surface area contributed by atoms with Gasteiger partial charge in [0.2, 0.25) is 12.6 Å². The molecule has 1 aliphatic heterocycles. The molecule has 2 heterocycles. The number of carbonyl (C=O) groups excluding carboxylic acids is 2. The molecule has 1 aromatic heterocycles. The van der Waals surface area contributed by atoms with Crippen molar-refractivity contribution in [2.24, 2.45) is 0 Å². The maximum Gasteiger partial charge on any atom is 0.258 e. The number of carbonyl (C=O) groups is 2. The van der Waals surface area contributed by atoms with Crippen molar-refractivity contribution < 1.29 is 27.9 Å². The first-order valence-corrected chi connectivity index (χ1v) is 9.13. The van der Waals surface area contributed by atoms with Gasteiger partial charge in [0.1, 0.15) is 11.4 Å². The van der Waals surface area contributed by atoms with Crippen LogP contribution in [-0.4, -0.2) is 18.5 Å². The minimum absolute atomic E-state index is 0.0558. The fourth-order valence-electron chi connectivity index (χ4n) is 3.32. The minimum atomic E-state index is -0.681. The third kappa shape index (κ3) is 2.97. The van der Waals surface area contributed by atoms with Crippen LogP contribution in [0.3, 0.4) is 0 Å². The number of benzene rings is 3. The average Bonchev–Trinajstić information content (AvgIpc) is 3.38. The van der Waals surface area contributed by atoms with Crippen LogP contribution in [0, 0.1) is 5.82 Å². The highest BCUT2D eigenvalue weighted by atomic mass is 19.1. The number of furan rings is 1. The summed E-state index contributed by atoms with van der Waals surface area (Å²) in [6, 6.07) is 17.3. The van der Waals surface area contributed by atoms with E-state index in [-0.39, 0.29) is 23.8 Å². The number of nitrogens with one attached hydrogen (secondary N) is 1. The first kappa shape index (κ1) is 17.9. The summed E-state index contributed by atoms with van der Waals surface area (Å²) in [5, 5.41) is 3.18. The Kier molecular flexibility index (Phi) is 4.21. The summed E-state index contributed by atoms with van der Waals surface area (Å²) >= 11 is 0. The number of fused-ring (bicyclic) bond motifs is 2. The van der Waals surface area contributed by atoms with Crippen molar-refractivity contribution >= 4 is 28.3 Å². The van der Waals surface area contributed by atoms with Gasteiger partial charge in [-0.2, -0.15) is 0 Å². The number of rotatable bonds is 4. The van der Waals surface area contributed by atoms with Crippen molar-refractivity contribution in [3.63, 3.8) is 0 Å². The molecule has 4 aromatic rings. The normalized spacial score (nSPS) is 12.2. The van der Waals surface area contributed by atoms with Crippen LogP contribution in [0.2, 0.25) is 0 Å². The number of anilines is 1. The molecular weight excluding hydrogens is 389 g/mol. The standard InChI is InChI=1S/C23H14FNO5/c24-16-7-3-1-5-14(16)23(27)25-20-15-6-2-4-8-17(15)30-22(20)21(26)13-9-10-18-19(11-13)29-12-28-18/h1-11H,12H2,(H,25,27). The van der Waals surface area contributed by atoms with E-state index in [1.165, 1.54) is 18.2 Å². The van der Waals surface area contributed by atoms with E-state index in [9.17, 15) is 14.0 Å². The largest absolute Gasteiger partial charge is 0.454 e. The van der Waals surface area contributed by atoms with Crippen LogP contribution in [-0.2, 0) is 0 Å². The summed E-state index contributed by atoms with van der Waals surface area (Å²) in [5.74, 6) is -0.850. The summed E-state index contributed by atoms with van der Waals surface area (Å²) < 4.78 is 30.4. The van der Waals surface area contributed by atoms with Crippen LogP contribution >= 0.6 is 0 Å². The highest BCUT2D eigenvalue weighted by molar-refractivity contribution is 6.19. The second-order valence-corrected chi connectivity index (χ2v) is 6.63. The minimum Gasteiger partial charge on any atom is -0.454 e. The van der Waals surface area contributed by atoms with Crippen LogP contribution in [0.15, 0.2) is 71.1 Å². The quantitative estimate of drug-likeness (QED) is 0.496. The van der Waals surface area contributed by atoms with Crippen molar-refractivity contribution in [1.29, 1.82) is 0 Å².